The average Bonchev–Trinajstić information content (AvgIpc) is 3.25. The van der Waals surface area contributed by atoms with Gasteiger partial charge in [0.05, 0.1) is 5.56 Å². The van der Waals surface area contributed by atoms with Gasteiger partial charge in [-0.15, -0.1) is 11.3 Å². The Bertz CT molecular complexity index is 1520. The van der Waals surface area contributed by atoms with Crippen LogP contribution in [0.3, 0.4) is 0 Å². The number of aromatic nitrogens is 1. The van der Waals surface area contributed by atoms with Crippen LogP contribution in [0.1, 0.15) is 54.7 Å². The molecule has 0 unspecified atom stereocenters. The van der Waals surface area contributed by atoms with Crippen LogP contribution in [0.4, 0.5) is 0 Å². The van der Waals surface area contributed by atoms with E-state index in [1.54, 1.807) is 5.56 Å². The summed E-state index contributed by atoms with van der Waals surface area (Å²) in [4.78, 5) is 0. The molecule has 1 nitrogen and oxygen atoms in total. The Morgan fingerprint density at radius 1 is 0.706 bits per heavy atom. The number of nitrogens with zero attached hydrogens (tertiary/aromatic N) is 1. The molecule has 2 heterocycles. The molecule has 0 radical (unpaired) electrons. The second kappa shape index (κ2) is 8.67. The van der Waals surface area contributed by atoms with Crippen molar-refractivity contribution in [1.29, 1.82) is 0 Å². The van der Waals surface area contributed by atoms with E-state index in [-0.39, 0.29) is 0 Å². The van der Waals surface area contributed by atoms with Crippen LogP contribution in [-0.4, -0.2) is 0 Å². The summed E-state index contributed by atoms with van der Waals surface area (Å²) in [5, 5.41) is 2.84. The van der Waals surface area contributed by atoms with Crippen molar-refractivity contribution in [2.45, 2.75) is 51.9 Å². The van der Waals surface area contributed by atoms with E-state index in [4.69, 9.17) is 0 Å². The lowest BCUT2D eigenvalue weighted by Gasteiger charge is -2.22. The largest absolute Gasteiger partial charge is 0.212 e. The molecule has 1 aliphatic carbocycles. The summed E-state index contributed by atoms with van der Waals surface area (Å²) in [5.41, 5.74) is 9.48. The van der Waals surface area contributed by atoms with E-state index in [0.717, 1.165) is 5.92 Å². The third kappa shape index (κ3) is 3.56. The van der Waals surface area contributed by atoms with E-state index in [0.29, 0.717) is 0 Å². The van der Waals surface area contributed by atoms with Crippen molar-refractivity contribution >= 4 is 31.5 Å². The highest BCUT2D eigenvalue weighted by molar-refractivity contribution is 7.26. The van der Waals surface area contributed by atoms with Crippen LogP contribution in [0.2, 0.25) is 0 Å². The minimum Gasteiger partial charge on any atom is -0.200 e. The van der Waals surface area contributed by atoms with E-state index < -0.39 is 0 Å². The summed E-state index contributed by atoms with van der Waals surface area (Å²) in [5.74, 6) is 0.724. The number of fused-ring (bicyclic) bond motifs is 3. The van der Waals surface area contributed by atoms with Gasteiger partial charge in [0.1, 0.15) is 7.05 Å². The van der Waals surface area contributed by atoms with Crippen LogP contribution in [0, 0.1) is 13.8 Å². The number of aryl methyl sites for hydroxylation is 3. The van der Waals surface area contributed by atoms with E-state index in [1.807, 2.05) is 11.3 Å². The quantitative estimate of drug-likeness (QED) is 0.236. The number of pyridine rings is 1. The lowest BCUT2D eigenvalue weighted by atomic mass is 9.83. The first-order chi connectivity index (χ1) is 16.6. The van der Waals surface area contributed by atoms with Crippen molar-refractivity contribution in [3.05, 3.63) is 89.6 Å². The number of hydrogen-bond donors (Lipinski definition) is 0. The highest BCUT2D eigenvalue weighted by atomic mass is 32.1. The van der Waals surface area contributed by atoms with E-state index >= 15 is 0 Å². The van der Waals surface area contributed by atoms with Gasteiger partial charge in [-0.2, -0.15) is 0 Å². The van der Waals surface area contributed by atoms with Gasteiger partial charge in [-0.25, -0.2) is 4.57 Å². The highest BCUT2D eigenvalue weighted by Crippen LogP contribution is 2.45. The van der Waals surface area contributed by atoms with Crippen LogP contribution < -0.4 is 4.57 Å². The molecule has 1 saturated carbocycles. The zero-order chi connectivity index (χ0) is 23.2. The van der Waals surface area contributed by atoms with Gasteiger partial charge in [0.2, 0.25) is 5.69 Å². The first-order valence-corrected chi connectivity index (χ1v) is 13.4. The first-order valence-electron chi connectivity index (χ1n) is 12.6. The average molecular weight is 463 g/mol. The molecule has 0 saturated heterocycles. The molecule has 6 rings (SSSR count). The zero-order valence-electron chi connectivity index (χ0n) is 20.4. The van der Waals surface area contributed by atoms with Gasteiger partial charge in [0, 0.05) is 37.4 Å². The number of hydrogen-bond acceptors (Lipinski definition) is 1. The number of benzene rings is 3. The van der Waals surface area contributed by atoms with Gasteiger partial charge in [-0.3, -0.25) is 0 Å². The topological polar surface area (TPSA) is 3.88 Å². The predicted molar refractivity (Wildman–Crippen MR) is 147 cm³/mol. The molecule has 0 bridgehead atoms. The lowest BCUT2D eigenvalue weighted by Crippen LogP contribution is -2.31. The second-order valence-electron chi connectivity index (χ2n) is 10.0. The summed E-state index contributed by atoms with van der Waals surface area (Å²) < 4.78 is 5.23. The standard InChI is InChI=1S/C32H32NS/c1-21-11-7-8-14-24(21)30-19-22(2)29(20-33(30)3)28-18-10-17-27-26-16-9-15-25(31(26)34-32(27)28)23-12-5-4-6-13-23/h7-11,14-20,23H,4-6,12-13H2,1-3H3/q+1. The maximum Gasteiger partial charge on any atom is 0.212 e. The molecule has 0 N–H and O–H groups in total. The van der Waals surface area contributed by atoms with Crippen molar-refractivity contribution in [3.8, 4) is 22.4 Å². The Hall–Kier alpha value is -2.97. The van der Waals surface area contributed by atoms with Gasteiger partial charge in [0.25, 0.3) is 0 Å². The number of rotatable bonds is 3. The fraction of sp³-hybridized carbons (Fsp3) is 0.281. The summed E-state index contributed by atoms with van der Waals surface area (Å²) in [6.07, 6.45) is 9.17. The van der Waals surface area contributed by atoms with Gasteiger partial charge in [0.15, 0.2) is 6.20 Å². The van der Waals surface area contributed by atoms with Crippen LogP contribution in [-0.2, 0) is 7.05 Å². The fourth-order valence-corrected chi connectivity index (χ4v) is 7.37. The molecule has 1 fully saturated rings. The van der Waals surface area contributed by atoms with E-state index in [2.05, 4.69) is 98.4 Å². The molecule has 3 aromatic carbocycles. The molecule has 0 amide bonds. The van der Waals surface area contributed by atoms with Gasteiger partial charge in [-0.05, 0) is 55.4 Å². The molecule has 0 spiro atoms. The van der Waals surface area contributed by atoms with E-state index in [1.165, 1.54) is 85.8 Å². The third-order valence-corrected chi connectivity index (χ3v) is 9.10. The minimum absolute atomic E-state index is 0.724. The van der Waals surface area contributed by atoms with Crippen LogP contribution >= 0.6 is 11.3 Å². The van der Waals surface area contributed by atoms with Crippen molar-refractivity contribution in [1.82, 2.24) is 0 Å². The Morgan fingerprint density at radius 2 is 1.41 bits per heavy atom. The van der Waals surface area contributed by atoms with Crippen molar-refractivity contribution < 1.29 is 4.57 Å². The van der Waals surface area contributed by atoms with Crippen molar-refractivity contribution in [2.24, 2.45) is 7.05 Å². The fourth-order valence-electron chi connectivity index (χ4n) is 5.95. The SMILES string of the molecule is Cc1cc(-c2ccccc2C)[n+](C)cc1-c1cccc2c1sc1c(C3CCCCC3)cccc12. The Morgan fingerprint density at radius 3 is 2.21 bits per heavy atom. The highest BCUT2D eigenvalue weighted by Gasteiger charge is 2.22. The molecule has 5 aromatic rings. The molecule has 34 heavy (non-hydrogen) atoms. The molecular weight excluding hydrogens is 430 g/mol. The maximum atomic E-state index is 2.40. The third-order valence-electron chi connectivity index (χ3n) is 7.79. The summed E-state index contributed by atoms with van der Waals surface area (Å²) in [6, 6.07) is 24.9. The number of thiophene rings is 1. The molecule has 0 atom stereocenters. The summed E-state index contributed by atoms with van der Waals surface area (Å²) in [7, 11) is 2.18. The normalized spacial score (nSPS) is 14.8. The summed E-state index contributed by atoms with van der Waals surface area (Å²) in [6.45, 7) is 4.46. The van der Waals surface area contributed by atoms with Gasteiger partial charge < -0.3 is 0 Å². The van der Waals surface area contributed by atoms with Crippen molar-refractivity contribution in [3.63, 3.8) is 0 Å². The van der Waals surface area contributed by atoms with Gasteiger partial charge >= 0.3 is 0 Å². The van der Waals surface area contributed by atoms with Gasteiger partial charge in [-0.1, -0.05) is 73.9 Å². The minimum atomic E-state index is 0.724. The lowest BCUT2D eigenvalue weighted by molar-refractivity contribution is -0.660. The maximum absolute atomic E-state index is 2.40. The Balaban J connectivity index is 1.53. The Labute approximate surface area is 206 Å². The van der Waals surface area contributed by atoms with Crippen LogP contribution in [0.15, 0.2) is 72.9 Å². The first kappa shape index (κ1) is 21.6. The zero-order valence-corrected chi connectivity index (χ0v) is 21.2. The van der Waals surface area contributed by atoms with Crippen LogP contribution in [0.5, 0.6) is 0 Å². The molecule has 2 heteroatoms. The monoisotopic (exact) mass is 462 g/mol. The second-order valence-corrected chi connectivity index (χ2v) is 11.0. The van der Waals surface area contributed by atoms with E-state index in [9.17, 15) is 0 Å². The molecule has 1 aliphatic rings. The Kier molecular flexibility index (Phi) is 5.50. The van der Waals surface area contributed by atoms with Crippen molar-refractivity contribution in [2.75, 3.05) is 0 Å². The van der Waals surface area contributed by atoms with Crippen LogP contribution in [0.25, 0.3) is 42.6 Å². The predicted octanol–water partition coefficient (Wildman–Crippen LogP) is 8.88. The summed E-state index contributed by atoms with van der Waals surface area (Å²) >= 11 is 2.01. The molecule has 2 aromatic heterocycles. The molecule has 0 aliphatic heterocycles. The molecular formula is C32H32NS+. The smallest absolute Gasteiger partial charge is 0.200 e. The molecule has 170 valence electrons.